The van der Waals surface area contributed by atoms with Crippen molar-refractivity contribution in [3.63, 3.8) is 0 Å². The Hall–Kier alpha value is -3.88. The molecule has 1 aliphatic rings. The highest BCUT2D eigenvalue weighted by Crippen LogP contribution is 2.23. The molecule has 0 saturated carbocycles. The maximum atomic E-state index is 13.4. The van der Waals surface area contributed by atoms with E-state index in [9.17, 15) is 28.9 Å². The number of carbonyl (C=O) groups is 3. The zero-order chi connectivity index (χ0) is 18.8. The van der Waals surface area contributed by atoms with Gasteiger partial charge in [0, 0.05) is 12.1 Å². The van der Waals surface area contributed by atoms with Crippen molar-refractivity contribution in [3.8, 4) is 0 Å². The molecule has 1 aliphatic heterocycles. The van der Waals surface area contributed by atoms with Crippen molar-refractivity contribution in [1.82, 2.24) is 5.32 Å². The van der Waals surface area contributed by atoms with Gasteiger partial charge < -0.3 is 0 Å². The van der Waals surface area contributed by atoms with E-state index in [-0.39, 0.29) is 16.9 Å². The summed E-state index contributed by atoms with van der Waals surface area (Å²) in [5.74, 6) is -2.57. The van der Waals surface area contributed by atoms with Crippen LogP contribution >= 0.6 is 0 Å². The van der Waals surface area contributed by atoms with Crippen LogP contribution in [0.5, 0.6) is 0 Å². The molecular formula is C17H10FN3O5. The van der Waals surface area contributed by atoms with E-state index in [1.165, 1.54) is 36.4 Å². The second-order valence-corrected chi connectivity index (χ2v) is 5.29. The number of amides is 4. The van der Waals surface area contributed by atoms with E-state index in [1.54, 1.807) is 0 Å². The van der Waals surface area contributed by atoms with Gasteiger partial charge >= 0.3 is 6.03 Å². The molecule has 130 valence electrons. The summed E-state index contributed by atoms with van der Waals surface area (Å²) in [6, 6.07) is 9.03. The van der Waals surface area contributed by atoms with Gasteiger partial charge in [-0.15, -0.1) is 0 Å². The number of non-ortho nitro benzene ring substituents is 1. The molecule has 9 heteroatoms. The summed E-state index contributed by atoms with van der Waals surface area (Å²) in [7, 11) is 0. The van der Waals surface area contributed by atoms with E-state index in [1.807, 2.05) is 5.32 Å². The molecule has 8 nitrogen and oxygen atoms in total. The van der Waals surface area contributed by atoms with Crippen molar-refractivity contribution in [2.75, 3.05) is 4.90 Å². The zero-order valence-electron chi connectivity index (χ0n) is 13.0. The van der Waals surface area contributed by atoms with Crippen LogP contribution in [0.3, 0.4) is 0 Å². The molecule has 2 aromatic carbocycles. The largest absolute Gasteiger partial charge is 0.335 e. The van der Waals surface area contributed by atoms with Crippen molar-refractivity contribution >= 4 is 35.3 Å². The number of anilines is 1. The predicted octanol–water partition coefficient (Wildman–Crippen LogP) is 2.40. The SMILES string of the molecule is O=C1NC(=O)N(c2cccc(F)c2)C(=O)/C1=C/c1cccc([N+](=O)[O-])c1. The fourth-order valence-corrected chi connectivity index (χ4v) is 2.40. The summed E-state index contributed by atoms with van der Waals surface area (Å²) >= 11 is 0. The molecule has 0 aliphatic carbocycles. The van der Waals surface area contributed by atoms with Crippen LogP contribution in [0.4, 0.5) is 20.6 Å². The normalized spacial score (nSPS) is 16.0. The summed E-state index contributed by atoms with van der Waals surface area (Å²) in [6.45, 7) is 0. The second-order valence-electron chi connectivity index (χ2n) is 5.29. The van der Waals surface area contributed by atoms with Crippen LogP contribution in [0, 0.1) is 15.9 Å². The van der Waals surface area contributed by atoms with Crippen LogP contribution in [-0.4, -0.2) is 22.8 Å². The molecule has 4 amide bonds. The third-order valence-electron chi connectivity index (χ3n) is 3.56. The van der Waals surface area contributed by atoms with E-state index in [0.717, 1.165) is 18.2 Å². The monoisotopic (exact) mass is 355 g/mol. The van der Waals surface area contributed by atoms with Crippen molar-refractivity contribution < 1.29 is 23.7 Å². The maximum Gasteiger partial charge on any atom is 0.335 e. The first-order chi connectivity index (χ1) is 12.4. The van der Waals surface area contributed by atoms with Gasteiger partial charge in [0.1, 0.15) is 11.4 Å². The number of rotatable bonds is 3. The van der Waals surface area contributed by atoms with E-state index in [2.05, 4.69) is 0 Å². The Morgan fingerprint density at radius 3 is 2.50 bits per heavy atom. The number of imide groups is 2. The van der Waals surface area contributed by atoms with Gasteiger partial charge in [0.2, 0.25) is 0 Å². The Kier molecular flexibility index (Phi) is 4.27. The van der Waals surface area contributed by atoms with E-state index < -0.39 is 34.2 Å². The first-order valence-corrected chi connectivity index (χ1v) is 7.28. The number of hydrogen-bond acceptors (Lipinski definition) is 5. The minimum atomic E-state index is -1.01. The molecule has 0 bridgehead atoms. The maximum absolute atomic E-state index is 13.4. The molecule has 0 spiro atoms. The minimum absolute atomic E-state index is 0.0510. The van der Waals surface area contributed by atoms with Crippen molar-refractivity contribution in [2.24, 2.45) is 0 Å². The number of nitro groups is 1. The third kappa shape index (κ3) is 3.18. The molecule has 2 aromatic rings. The van der Waals surface area contributed by atoms with Crippen LogP contribution in [0.1, 0.15) is 5.56 Å². The van der Waals surface area contributed by atoms with Gasteiger partial charge in [-0.05, 0) is 29.8 Å². The average Bonchev–Trinajstić information content (AvgIpc) is 2.59. The lowest BCUT2D eigenvalue weighted by molar-refractivity contribution is -0.384. The third-order valence-corrected chi connectivity index (χ3v) is 3.56. The first kappa shape index (κ1) is 17.0. The van der Waals surface area contributed by atoms with Crippen molar-refractivity contribution in [2.45, 2.75) is 0 Å². The number of barbiturate groups is 1. The quantitative estimate of drug-likeness (QED) is 0.393. The van der Waals surface area contributed by atoms with Gasteiger partial charge in [-0.3, -0.25) is 25.0 Å². The number of carbonyl (C=O) groups excluding carboxylic acids is 3. The van der Waals surface area contributed by atoms with Gasteiger partial charge in [0.05, 0.1) is 10.6 Å². The number of halogens is 1. The molecule has 0 atom stereocenters. The minimum Gasteiger partial charge on any atom is -0.273 e. The lowest BCUT2D eigenvalue weighted by atomic mass is 10.1. The smallest absolute Gasteiger partial charge is 0.273 e. The number of nitrogens with zero attached hydrogens (tertiary/aromatic N) is 2. The van der Waals surface area contributed by atoms with Crippen molar-refractivity contribution in [1.29, 1.82) is 0 Å². The second kappa shape index (κ2) is 6.55. The summed E-state index contributed by atoms with van der Waals surface area (Å²) in [6.07, 6.45) is 1.13. The number of hydrogen-bond donors (Lipinski definition) is 1. The number of benzene rings is 2. The lowest BCUT2D eigenvalue weighted by Crippen LogP contribution is -2.54. The Bertz CT molecular complexity index is 986. The molecule has 1 fully saturated rings. The van der Waals surface area contributed by atoms with Gasteiger partial charge in [0.15, 0.2) is 0 Å². The van der Waals surface area contributed by atoms with E-state index in [0.29, 0.717) is 4.90 Å². The predicted molar refractivity (Wildman–Crippen MR) is 88.5 cm³/mol. The summed E-state index contributed by atoms with van der Waals surface area (Å²) in [4.78, 5) is 47.5. The zero-order valence-corrected chi connectivity index (χ0v) is 13.0. The molecule has 1 heterocycles. The summed E-state index contributed by atoms with van der Waals surface area (Å²) in [5, 5.41) is 12.8. The molecule has 26 heavy (non-hydrogen) atoms. The standard InChI is InChI=1S/C17H10FN3O5/c18-11-4-2-5-12(9-11)20-16(23)14(15(22)19-17(20)24)8-10-3-1-6-13(7-10)21(25)26/h1-9H,(H,19,22,24)/b14-8+. The summed E-state index contributed by atoms with van der Waals surface area (Å²) < 4.78 is 13.4. The Morgan fingerprint density at radius 2 is 1.81 bits per heavy atom. The van der Waals surface area contributed by atoms with Crippen LogP contribution in [0.15, 0.2) is 54.1 Å². The van der Waals surface area contributed by atoms with Gasteiger partial charge in [-0.25, -0.2) is 14.1 Å². The Morgan fingerprint density at radius 1 is 1.08 bits per heavy atom. The highest BCUT2D eigenvalue weighted by atomic mass is 19.1. The highest BCUT2D eigenvalue weighted by Gasteiger charge is 2.36. The topological polar surface area (TPSA) is 110 Å². The van der Waals surface area contributed by atoms with Crippen LogP contribution in [0.2, 0.25) is 0 Å². The molecule has 3 rings (SSSR count). The Balaban J connectivity index is 2.03. The number of nitro benzene ring substituents is 1. The fourth-order valence-electron chi connectivity index (χ4n) is 2.40. The van der Waals surface area contributed by atoms with Crippen molar-refractivity contribution in [3.05, 3.63) is 75.6 Å². The molecule has 1 N–H and O–H groups in total. The fraction of sp³-hybridized carbons (Fsp3) is 0. The summed E-state index contributed by atoms with van der Waals surface area (Å²) in [5.41, 5.74) is -0.452. The van der Waals surface area contributed by atoms with Gasteiger partial charge in [-0.1, -0.05) is 18.2 Å². The molecule has 1 saturated heterocycles. The van der Waals surface area contributed by atoms with E-state index in [4.69, 9.17) is 0 Å². The van der Waals surface area contributed by atoms with Crippen LogP contribution in [0.25, 0.3) is 6.08 Å². The molecule has 0 unspecified atom stereocenters. The van der Waals surface area contributed by atoms with E-state index >= 15 is 0 Å². The molecular weight excluding hydrogens is 345 g/mol. The van der Waals surface area contributed by atoms with Gasteiger partial charge in [0.25, 0.3) is 17.5 Å². The van der Waals surface area contributed by atoms with Crippen LogP contribution < -0.4 is 10.2 Å². The number of nitrogens with one attached hydrogen (secondary N) is 1. The Labute approximate surface area is 145 Å². The lowest BCUT2D eigenvalue weighted by Gasteiger charge is -2.26. The number of urea groups is 1. The average molecular weight is 355 g/mol. The van der Waals surface area contributed by atoms with Gasteiger partial charge in [-0.2, -0.15) is 0 Å². The molecule has 0 aromatic heterocycles. The highest BCUT2D eigenvalue weighted by molar-refractivity contribution is 6.39. The first-order valence-electron chi connectivity index (χ1n) is 7.28. The molecule has 0 radical (unpaired) electrons. The van der Waals surface area contributed by atoms with Crippen LogP contribution in [-0.2, 0) is 9.59 Å².